The summed E-state index contributed by atoms with van der Waals surface area (Å²) in [5.41, 5.74) is 1.05. The summed E-state index contributed by atoms with van der Waals surface area (Å²) < 4.78 is 35.1. The maximum absolute atomic E-state index is 11.6. The Morgan fingerprint density at radius 3 is 2.18 bits per heavy atom. The van der Waals surface area contributed by atoms with Crippen LogP contribution in [0.3, 0.4) is 0 Å². The van der Waals surface area contributed by atoms with E-state index in [1.807, 2.05) is 31.2 Å². The second-order valence-corrected chi connectivity index (χ2v) is 23.0. The van der Waals surface area contributed by atoms with Crippen molar-refractivity contribution < 1.29 is 32.9 Å². The van der Waals surface area contributed by atoms with Crippen LogP contribution in [-0.2, 0) is 34.8 Å². The first-order chi connectivity index (χ1) is 18.1. The molecule has 0 fully saturated rings. The molecule has 222 valence electrons. The second kappa shape index (κ2) is 16.6. The van der Waals surface area contributed by atoms with Gasteiger partial charge in [-0.1, -0.05) is 58.5 Å². The molecule has 0 N–H and O–H groups in total. The summed E-state index contributed by atoms with van der Waals surface area (Å²) >= 11 is 0. The van der Waals surface area contributed by atoms with Gasteiger partial charge in [-0.25, -0.2) is 4.79 Å². The summed E-state index contributed by atoms with van der Waals surface area (Å²) in [4.78, 5) is 11.6. The van der Waals surface area contributed by atoms with Gasteiger partial charge in [0.15, 0.2) is 8.32 Å². The number of benzene rings is 1. The molecule has 7 nitrogen and oxygen atoms in total. The minimum atomic E-state index is -2.12. The highest BCUT2D eigenvalue weighted by atomic mass is 28.4. The minimum Gasteiger partial charge on any atom is -0.497 e. The highest BCUT2D eigenvalue weighted by molar-refractivity contribution is 6.76. The molecule has 1 aromatic carbocycles. The Morgan fingerprint density at radius 2 is 1.64 bits per heavy atom. The lowest BCUT2D eigenvalue weighted by Crippen LogP contribution is -2.45. The third-order valence-electron chi connectivity index (χ3n) is 7.03. The van der Waals surface area contributed by atoms with Gasteiger partial charge < -0.3 is 28.1 Å². The van der Waals surface area contributed by atoms with Crippen molar-refractivity contribution in [1.82, 2.24) is 0 Å². The van der Waals surface area contributed by atoms with E-state index in [-0.39, 0.29) is 30.1 Å². The molecule has 0 heterocycles. The quantitative estimate of drug-likeness (QED) is 0.0542. The zero-order chi connectivity index (χ0) is 29.7. The van der Waals surface area contributed by atoms with Crippen molar-refractivity contribution >= 4 is 22.4 Å². The van der Waals surface area contributed by atoms with E-state index in [0.29, 0.717) is 26.1 Å². The van der Waals surface area contributed by atoms with E-state index >= 15 is 0 Å². The Hall–Kier alpha value is -1.68. The van der Waals surface area contributed by atoms with Crippen molar-refractivity contribution in [3.63, 3.8) is 0 Å². The molecule has 1 aromatic rings. The Labute approximate surface area is 239 Å². The number of hydrogen-bond acceptors (Lipinski definition) is 7. The van der Waals surface area contributed by atoms with Gasteiger partial charge in [0.1, 0.15) is 12.5 Å². The molecule has 0 aliphatic carbocycles. The molecule has 0 aliphatic heterocycles. The predicted molar refractivity (Wildman–Crippen MR) is 162 cm³/mol. The van der Waals surface area contributed by atoms with Crippen LogP contribution in [0.1, 0.15) is 46.1 Å². The molecule has 9 heteroatoms. The zero-order valence-corrected chi connectivity index (χ0v) is 28.1. The fourth-order valence-electron chi connectivity index (χ4n) is 3.34. The van der Waals surface area contributed by atoms with Crippen molar-refractivity contribution in [3.05, 3.63) is 29.8 Å². The molecule has 0 aromatic heterocycles. The molecule has 0 saturated heterocycles. The lowest BCUT2D eigenvalue weighted by atomic mass is 10.1. The normalized spacial score (nSPS) is 14.6. The Kier molecular flexibility index (Phi) is 15.0. The van der Waals surface area contributed by atoms with Gasteiger partial charge in [-0.3, -0.25) is 0 Å². The largest absolute Gasteiger partial charge is 0.497 e. The van der Waals surface area contributed by atoms with Crippen LogP contribution in [0.15, 0.2) is 24.3 Å². The molecular weight excluding hydrogens is 528 g/mol. The third-order valence-corrected chi connectivity index (χ3v) is 13.3. The zero-order valence-electron chi connectivity index (χ0n) is 26.1. The molecule has 0 bridgehead atoms. The van der Waals surface area contributed by atoms with Gasteiger partial charge in [0.05, 0.1) is 39.1 Å². The average molecular weight is 581 g/mol. The van der Waals surface area contributed by atoms with E-state index in [1.54, 1.807) is 7.11 Å². The van der Waals surface area contributed by atoms with Crippen LogP contribution >= 0.6 is 0 Å². The summed E-state index contributed by atoms with van der Waals surface area (Å²) in [6.45, 7) is 21.3. The molecule has 0 radical (unpaired) electrons. The molecule has 0 amide bonds. The van der Waals surface area contributed by atoms with Crippen molar-refractivity contribution in [2.75, 3.05) is 27.6 Å². The van der Waals surface area contributed by atoms with Gasteiger partial charge in [-0.2, -0.15) is 0 Å². The van der Waals surface area contributed by atoms with Crippen LogP contribution < -0.4 is 4.74 Å². The second-order valence-electron chi connectivity index (χ2n) is 12.6. The average Bonchev–Trinajstić information content (AvgIpc) is 2.84. The van der Waals surface area contributed by atoms with E-state index in [9.17, 15) is 4.79 Å². The van der Waals surface area contributed by atoms with Gasteiger partial charge in [0.25, 0.3) is 0 Å². The van der Waals surface area contributed by atoms with Crippen LogP contribution in [0.25, 0.3) is 0 Å². The van der Waals surface area contributed by atoms with Crippen molar-refractivity contribution in [2.24, 2.45) is 0 Å². The van der Waals surface area contributed by atoms with Crippen LogP contribution in [0.5, 0.6) is 5.75 Å². The molecule has 0 aliphatic rings. The fraction of sp³-hybridized carbons (Fsp3) is 0.700. The maximum atomic E-state index is 11.6. The van der Waals surface area contributed by atoms with E-state index < -0.39 is 22.4 Å². The van der Waals surface area contributed by atoms with E-state index in [0.717, 1.165) is 17.4 Å². The van der Waals surface area contributed by atoms with Gasteiger partial charge in [-0.05, 0) is 48.8 Å². The lowest BCUT2D eigenvalue weighted by molar-refractivity contribution is -0.143. The predicted octanol–water partition coefficient (Wildman–Crippen LogP) is 6.64. The van der Waals surface area contributed by atoms with Crippen LogP contribution in [0.2, 0.25) is 43.8 Å². The van der Waals surface area contributed by atoms with Gasteiger partial charge >= 0.3 is 5.97 Å². The molecule has 0 spiro atoms. The van der Waals surface area contributed by atoms with Crippen LogP contribution in [0, 0.1) is 11.8 Å². The van der Waals surface area contributed by atoms with Gasteiger partial charge in [0, 0.05) is 33.4 Å². The SMILES string of the molecule is COC(=O)C#CC[C@@H](C[C@@H](OCOCC[Si](C)(C)C)[C@@H](C)OCc1ccc(OC)cc1)O[Si](C)(C)C(C)(C)C. The van der Waals surface area contributed by atoms with Crippen LogP contribution in [0.4, 0.5) is 0 Å². The first-order valence-electron chi connectivity index (χ1n) is 13.8. The third kappa shape index (κ3) is 14.5. The molecular formula is C30H52O7Si2. The van der Waals surface area contributed by atoms with Gasteiger partial charge in [0.2, 0.25) is 0 Å². The van der Waals surface area contributed by atoms with E-state index in [1.165, 1.54) is 7.11 Å². The number of rotatable bonds is 16. The van der Waals surface area contributed by atoms with Crippen molar-refractivity contribution in [2.45, 2.75) is 109 Å². The number of hydrogen-bond donors (Lipinski definition) is 0. The summed E-state index contributed by atoms with van der Waals surface area (Å²) in [6.07, 6.45) is 0.200. The highest BCUT2D eigenvalue weighted by Gasteiger charge is 2.40. The molecule has 39 heavy (non-hydrogen) atoms. The number of carbonyl (C=O) groups is 1. The molecule has 3 atom stereocenters. The van der Waals surface area contributed by atoms with E-state index in [4.69, 9.17) is 23.4 Å². The smallest absolute Gasteiger partial charge is 0.384 e. The number of esters is 1. The van der Waals surface area contributed by atoms with Crippen molar-refractivity contribution in [1.29, 1.82) is 0 Å². The Balaban J connectivity index is 3.04. The number of ether oxygens (including phenoxy) is 5. The minimum absolute atomic E-state index is 0.0216. The summed E-state index contributed by atoms with van der Waals surface area (Å²) in [7, 11) is -0.334. The maximum Gasteiger partial charge on any atom is 0.384 e. The molecule has 1 rings (SSSR count). The number of methoxy groups -OCH3 is 2. The summed E-state index contributed by atoms with van der Waals surface area (Å²) in [6, 6.07) is 8.91. The van der Waals surface area contributed by atoms with Crippen molar-refractivity contribution in [3.8, 4) is 17.6 Å². The first-order valence-corrected chi connectivity index (χ1v) is 20.4. The van der Waals surface area contributed by atoms with Crippen LogP contribution in [-0.4, -0.2) is 68.3 Å². The number of carbonyl (C=O) groups excluding carboxylic acids is 1. The first kappa shape index (κ1) is 35.4. The monoisotopic (exact) mass is 580 g/mol. The lowest BCUT2D eigenvalue weighted by Gasteiger charge is -2.40. The van der Waals surface area contributed by atoms with Gasteiger partial charge in [-0.15, -0.1) is 0 Å². The molecule has 0 saturated carbocycles. The van der Waals surface area contributed by atoms with E-state index in [2.05, 4.69) is 70.1 Å². The highest BCUT2D eigenvalue weighted by Crippen LogP contribution is 2.38. The molecule has 0 unspecified atom stereocenters. The summed E-state index contributed by atoms with van der Waals surface area (Å²) in [5.74, 6) is 5.75. The fourth-order valence-corrected chi connectivity index (χ4v) is 5.46. The Morgan fingerprint density at radius 1 is 1.00 bits per heavy atom. The topological polar surface area (TPSA) is 72.5 Å². The standard InChI is InChI=1S/C30H52O7Si2/c1-24(35-22-25-15-17-26(32-5)18-16-25)28(36-23-34-19-20-38(7,8)9)21-27(13-12-14-29(31)33-6)37-39(10,11)30(2,3)4/h15-18,24,27-28H,13,19-23H2,1-11H3/t24-,27+,28-/m1/s1. The Bertz CT molecular complexity index is 908. The summed E-state index contributed by atoms with van der Waals surface area (Å²) in [5, 5.41) is 0.0216.